The van der Waals surface area contributed by atoms with Gasteiger partial charge in [0, 0.05) is 0 Å². The monoisotopic (exact) mass is 317 g/mol. The average molecular weight is 317 g/mol. The van der Waals surface area contributed by atoms with Crippen LogP contribution in [0.2, 0.25) is 0 Å². The second kappa shape index (κ2) is 7.60. The minimum atomic E-state index is -3.80. The Morgan fingerprint density at radius 2 is 1.90 bits per heavy atom. The number of carbonyl (C=O) groups excluding carboxylic acids is 1. The Balaban J connectivity index is 2.47. The molecule has 0 aliphatic heterocycles. The molecule has 8 nitrogen and oxygen atoms in total. The van der Waals surface area contributed by atoms with Crippen molar-refractivity contribution in [1.29, 1.82) is 0 Å². The summed E-state index contributed by atoms with van der Waals surface area (Å²) in [4.78, 5) is 22.3. The van der Waals surface area contributed by atoms with Crippen molar-refractivity contribution in [3.8, 4) is 0 Å². The molecular weight excluding hydrogens is 302 g/mol. The van der Waals surface area contributed by atoms with Crippen LogP contribution in [-0.2, 0) is 30.4 Å². The first-order valence-electron chi connectivity index (χ1n) is 5.82. The van der Waals surface area contributed by atoms with E-state index in [1.54, 1.807) is 30.3 Å². The van der Waals surface area contributed by atoms with Gasteiger partial charge in [0.05, 0.1) is 12.9 Å². The lowest BCUT2D eigenvalue weighted by atomic mass is 10.2. The largest absolute Gasteiger partial charge is 0.480 e. The molecule has 0 aliphatic rings. The van der Waals surface area contributed by atoms with E-state index in [4.69, 9.17) is 9.84 Å². The zero-order chi connectivity index (χ0) is 15.9. The van der Waals surface area contributed by atoms with Crippen LogP contribution in [0, 0.1) is 0 Å². The molecule has 0 heterocycles. The molecule has 116 valence electrons. The Labute approximate surface area is 121 Å². The topological polar surface area (TPSA) is 119 Å². The highest BCUT2D eigenvalue weighted by molar-refractivity contribution is 7.85. The molecule has 9 heteroatoms. The van der Waals surface area contributed by atoms with Crippen molar-refractivity contribution in [2.45, 2.75) is 12.6 Å². The van der Waals surface area contributed by atoms with Crippen molar-refractivity contribution >= 4 is 22.2 Å². The van der Waals surface area contributed by atoms with Gasteiger partial charge in [0.2, 0.25) is 0 Å². The van der Waals surface area contributed by atoms with Crippen molar-refractivity contribution < 1.29 is 32.0 Å². The van der Waals surface area contributed by atoms with Crippen LogP contribution in [0.15, 0.2) is 30.3 Å². The Morgan fingerprint density at radius 1 is 1.29 bits per heavy atom. The van der Waals surface area contributed by atoms with Crippen LogP contribution in [0.25, 0.3) is 0 Å². The summed E-state index contributed by atoms with van der Waals surface area (Å²) in [5.41, 5.74) is 0.729. The Morgan fingerprint density at radius 3 is 2.43 bits per heavy atom. The van der Waals surface area contributed by atoms with Gasteiger partial charge in [0.25, 0.3) is 10.1 Å². The van der Waals surface area contributed by atoms with Gasteiger partial charge in [-0.3, -0.25) is 4.18 Å². The number of carbonyl (C=O) groups is 2. The highest BCUT2D eigenvalue weighted by atomic mass is 32.2. The third kappa shape index (κ3) is 7.28. The van der Waals surface area contributed by atoms with Gasteiger partial charge in [0.15, 0.2) is 6.04 Å². The molecule has 1 atom stereocenters. The zero-order valence-electron chi connectivity index (χ0n) is 11.2. The summed E-state index contributed by atoms with van der Waals surface area (Å²) in [6.45, 7) is -0.749. The molecule has 21 heavy (non-hydrogen) atoms. The van der Waals surface area contributed by atoms with E-state index in [0.717, 1.165) is 11.8 Å². The Bertz CT molecular complexity index is 585. The van der Waals surface area contributed by atoms with E-state index in [9.17, 15) is 18.0 Å². The maximum Gasteiger partial charge on any atom is 0.408 e. The first-order valence-corrected chi connectivity index (χ1v) is 7.64. The van der Waals surface area contributed by atoms with Crippen LogP contribution in [0.1, 0.15) is 5.56 Å². The summed E-state index contributed by atoms with van der Waals surface area (Å²) in [6, 6.07) is 7.26. The standard InChI is InChI=1S/C12H15NO7S/c1-21(17,18)20-8-10(11(14)15)13-12(16)19-7-9-5-3-2-4-6-9/h2-6,10H,7-8H2,1H3,(H,13,16)(H,14,15)/t10-/m0/s1. The quantitative estimate of drug-likeness (QED) is 0.696. The molecule has 2 N–H and O–H groups in total. The number of hydrogen-bond donors (Lipinski definition) is 2. The zero-order valence-corrected chi connectivity index (χ0v) is 12.0. The number of rotatable bonds is 7. The minimum absolute atomic E-state index is 0.0358. The van der Waals surface area contributed by atoms with Crippen molar-refractivity contribution in [3.63, 3.8) is 0 Å². The number of amides is 1. The number of benzene rings is 1. The van der Waals surface area contributed by atoms with Gasteiger partial charge in [-0.2, -0.15) is 8.42 Å². The molecule has 1 amide bonds. The van der Waals surface area contributed by atoms with Crippen LogP contribution in [0.3, 0.4) is 0 Å². The van der Waals surface area contributed by atoms with Gasteiger partial charge < -0.3 is 15.2 Å². The van der Waals surface area contributed by atoms with Gasteiger partial charge in [-0.25, -0.2) is 9.59 Å². The molecular formula is C12H15NO7S. The number of carboxylic acids is 1. The summed E-state index contributed by atoms with van der Waals surface area (Å²) in [5, 5.41) is 10.9. The van der Waals surface area contributed by atoms with E-state index in [-0.39, 0.29) is 6.61 Å². The second-order valence-electron chi connectivity index (χ2n) is 4.09. The van der Waals surface area contributed by atoms with Crippen LogP contribution in [0.5, 0.6) is 0 Å². The van der Waals surface area contributed by atoms with Crippen LogP contribution >= 0.6 is 0 Å². The highest BCUT2D eigenvalue weighted by Crippen LogP contribution is 2.01. The second-order valence-corrected chi connectivity index (χ2v) is 5.73. The first kappa shape index (κ1) is 16.9. The summed E-state index contributed by atoms with van der Waals surface area (Å²) >= 11 is 0. The first-order chi connectivity index (χ1) is 9.78. The highest BCUT2D eigenvalue weighted by Gasteiger charge is 2.22. The van der Waals surface area contributed by atoms with Crippen LogP contribution < -0.4 is 5.32 Å². The predicted molar refractivity (Wildman–Crippen MR) is 72.0 cm³/mol. The summed E-state index contributed by atoms with van der Waals surface area (Å²) in [5.74, 6) is -1.43. The van der Waals surface area contributed by atoms with E-state index in [1.165, 1.54) is 0 Å². The minimum Gasteiger partial charge on any atom is -0.480 e. The molecule has 1 aromatic rings. The summed E-state index contributed by atoms with van der Waals surface area (Å²) in [7, 11) is -3.80. The van der Waals surface area contributed by atoms with E-state index >= 15 is 0 Å². The van der Waals surface area contributed by atoms with E-state index in [2.05, 4.69) is 4.18 Å². The van der Waals surface area contributed by atoms with E-state index in [1.807, 2.05) is 5.32 Å². The normalized spacial score (nSPS) is 12.4. The molecule has 1 aromatic carbocycles. The molecule has 0 radical (unpaired) electrons. The number of aliphatic carboxylic acids is 1. The van der Waals surface area contributed by atoms with Crippen LogP contribution in [-0.4, -0.2) is 44.5 Å². The lowest BCUT2D eigenvalue weighted by molar-refractivity contribution is -0.140. The van der Waals surface area contributed by atoms with Gasteiger partial charge >= 0.3 is 12.1 Å². The average Bonchev–Trinajstić information content (AvgIpc) is 2.41. The van der Waals surface area contributed by atoms with Gasteiger partial charge in [-0.05, 0) is 5.56 Å². The van der Waals surface area contributed by atoms with Crippen molar-refractivity contribution in [3.05, 3.63) is 35.9 Å². The van der Waals surface area contributed by atoms with Gasteiger partial charge in [-0.15, -0.1) is 0 Å². The molecule has 0 bridgehead atoms. The van der Waals surface area contributed by atoms with Crippen molar-refractivity contribution in [1.82, 2.24) is 5.32 Å². The number of hydrogen-bond acceptors (Lipinski definition) is 6. The maximum absolute atomic E-state index is 11.5. The molecule has 0 fully saturated rings. The number of nitrogens with one attached hydrogen (secondary N) is 1. The fraction of sp³-hybridized carbons (Fsp3) is 0.333. The predicted octanol–water partition coefficient (Wildman–Crippen LogP) is 0.342. The van der Waals surface area contributed by atoms with Gasteiger partial charge in [-0.1, -0.05) is 30.3 Å². The van der Waals surface area contributed by atoms with Crippen molar-refractivity contribution in [2.75, 3.05) is 12.9 Å². The molecule has 0 aliphatic carbocycles. The molecule has 0 spiro atoms. The van der Waals surface area contributed by atoms with Crippen molar-refractivity contribution in [2.24, 2.45) is 0 Å². The van der Waals surface area contributed by atoms with Gasteiger partial charge in [0.1, 0.15) is 6.61 Å². The molecule has 0 saturated heterocycles. The van der Waals surface area contributed by atoms with Crippen LogP contribution in [0.4, 0.5) is 4.79 Å². The Hall–Kier alpha value is -2.13. The lowest BCUT2D eigenvalue weighted by Crippen LogP contribution is -2.44. The van der Waals surface area contributed by atoms with E-state index in [0.29, 0.717) is 0 Å². The molecule has 1 rings (SSSR count). The molecule has 0 aromatic heterocycles. The number of carboxylic acid groups (broad SMARTS) is 1. The number of ether oxygens (including phenoxy) is 1. The Kier molecular flexibility index (Phi) is 6.12. The lowest BCUT2D eigenvalue weighted by Gasteiger charge is -2.14. The molecule has 0 saturated carbocycles. The molecule has 0 unspecified atom stereocenters. The van der Waals surface area contributed by atoms with E-state index < -0.39 is 34.8 Å². The SMILES string of the molecule is CS(=O)(=O)OC[C@H](NC(=O)OCc1ccccc1)C(=O)O. The number of alkyl carbamates (subject to hydrolysis) is 1. The smallest absolute Gasteiger partial charge is 0.408 e. The fourth-order valence-corrected chi connectivity index (χ4v) is 1.66. The third-order valence-electron chi connectivity index (χ3n) is 2.25. The maximum atomic E-state index is 11.5. The third-order valence-corrected chi connectivity index (χ3v) is 2.82. The fourth-order valence-electron chi connectivity index (χ4n) is 1.27. The summed E-state index contributed by atoms with van der Waals surface area (Å²) in [6.07, 6.45) is -0.206. The summed E-state index contributed by atoms with van der Waals surface area (Å²) < 4.78 is 30.8.